The average Bonchev–Trinajstić information content (AvgIpc) is 2.18. The quantitative estimate of drug-likeness (QED) is 0.643. The van der Waals surface area contributed by atoms with Gasteiger partial charge in [0.05, 0.1) is 0 Å². The first-order valence-electron chi connectivity index (χ1n) is 3.97. The Balaban J connectivity index is 2.40. The van der Waals surface area contributed by atoms with Gasteiger partial charge in [-0.2, -0.15) is 0 Å². The van der Waals surface area contributed by atoms with E-state index in [1.807, 2.05) is 30.5 Å². The number of anilines is 1. The standard InChI is InChI=1S/C9H10N2S2/c1-13-9-10-7-5-3-2-4-6(7)8(12)11-9/h2-5,8,12H,1H3,(H,10,11). The van der Waals surface area contributed by atoms with Crippen molar-refractivity contribution < 1.29 is 0 Å². The van der Waals surface area contributed by atoms with Crippen LogP contribution in [-0.2, 0) is 0 Å². The van der Waals surface area contributed by atoms with Crippen LogP contribution in [0.1, 0.15) is 10.9 Å². The molecular formula is C9H10N2S2. The molecule has 2 nitrogen and oxygen atoms in total. The third-order valence-corrected chi connectivity index (χ3v) is 2.90. The lowest BCUT2D eigenvalue weighted by atomic mass is 10.1. The first kappa shape index (κ1) is 8.97. The minimum absolute atomic E-state index is 0.0279. The van der Waals surface area contributed by atoms with Gasteiger partial charge < -0.3 is 5.32 Å². The Labute approximate surface area is 87.2 Å². The van der Waals surface area contributed by atoms with Gasteiger partial charge in [-0.05, 0) is 12.3 Å². The van der Waals surface area contributed by atoms with Crippen LogP contribution in [0.15, 0.2) is 29.3 Å². The molecule has 1 aromatic carbocycles. The fourth-order valence-corrected chi connectivity index (χ4v) is 2.11. The van der Waals surface area contributed by atoms with Crippen LogP contribution in [0.5, 0.6) is 0 Å². The molecule has 0 saturated carbocycles. The minimum Gasteiger partial charge on any atom is -0.335 e. The molecule has 13 heavy (non-hydrogen) atoms. The Bertz CT molecular complexity index is 349. The Kier molecular flexibility index (Phi) is 2.51. The topological polar surface area (TPSA) is 24.4 Å². The van der Waals surface area contributed by atoms with E-state index < -0.39 is 0 Å². The molecule has 0 radical (unpaired) electrons. The van der Waals surface area contributed by atoms with Crippen LogP contribution < -0.4 is 5.32 Å². The van der Waals surface area contributed by atoms with Crippen molar-refractivity contribution in [3.05, 3.63) is 29.8 Å². The monoisotopic (exact) mass is 210 g/mol. The maximum atomic E-state index is 4.41. The number of para-hydroxylation sites is 1. The van der Waals surface area contributed by atoms with Crippen LogP contribution in [0.25, 0.3) is 0 Å². The number of thioether (sulfide) groups is 1. The second kappa shape index (κ2) is 3.64. The molecule has 0 amide bonds. The third-order valence-electron chi connectivity index (χ3n) is 1.91. The highest BCUT2D eigenvalue weighted by atomic mass is 32.2. The van der Waals surface area contributed by atoms with Gasteiger partial charge in [0, 0.05) is 11.3 Å². The molecule has 4 heteroatoms. The number of nitrogens with zero attached hydrogens (tertiary/aromatic N) is 1. The lowest BCUT2D eigenvalue weighted by Gasteiger charge is -2.20. The van der Waals surface area contributed by atoms with Crippen LogP contribution in [-0.4, -0.2) is 11.4 Å². The summed E-state index contributed by atoms with van der Waals surface area (Å²) in [6, 6.07) is 8.10. The van der Waals surface area contributed by atoms with Crippen molar-refractivity contribution in [2.24, 2.45) is 4.99 Å². The normalized spacial score (nSPS) is 20.2. The molecule has 0 fully saturated rings. The van der Waals surface area contributed by atoms with E-state index in [1.165, 1.54) is 0 Å². The fourth-order valence-electron chi connectivity index (χ4n) is 1.27. The smallest absolute Gasteiger partial charge is 0.162 e. The summed E-state index contributed by atoms with van der Waals surface area (Å²) in [6.07, 6.45) is 2.00. The molecular weight excluding hydrogens is 200 g/mol. The largest absolute Gasteiger partial charge is 0.335 e. The summed E-state index contributed by atoms with van der Waals surface area (Å²) < 4.78 is 0. The summed E-state index contributed by atoms with van der Waals surface area (Å²) in [5.74, 6) is 0. The lowest BCUT2D eigenvalue weighted by Crippen LogP contribution is -2.15. The zero-order valence-corrected chi connectivity index (χ0v) is 8.90. The second-order valence-electron chi connectivity index (χ2n) is 2.72. The summed E-state index contributed by atoms with van der Waals surface area (Å²) in [7, 11) is 0. The van der Waals surface area contributed by atoms with Crippen molar-refractivity contribution in [3.8, 4) is 0 Å². The Morgan fingerprint density at radius 1 is 1.46 bits per heavy atom. The maximum absolute atomic E-state index is 4.41. The summed E-state index contributed by atoms with van der Waals surface area (Å²) in [4.78, 5) is 4.37. The zero-order chi connectivity index (χ0) is 9.26. The number of nitrogens with one attached hydrogen (secondary N) is 1. The van der Waals surface area contributed by atoms with Gasteiger partial charge in [-0.25, -0.2) is 4.99 Å². The molecule has 1 aliphatic heterocycles. The average molecular weight is 210 g/mol. The SMILES string of the molecule is CSC1=NC(S)c2ccccc2N1. The highest BCUT2D eigenvalue weighted by Crippen LogP contribution is 2.33. The molecule has 0 saturated heterocycles. The molecule has 1 atom stereocenters. The number of amidine groups is 1. The Morgan fingerprint density at radius 2 is 2.23 bits per heavy atom. The number of rotatable bonds is 0. The van der Waals surface area contributed by atoms with E-state index in [-0.39, 0.29) is 5.37 Å². The molecule has 0 aliphatic carbocycles. The molecule has 0 aromatic heterocycles. The van der Waals surface area contributed by atoms with Crippen LogP contribution >= 0.6 is 24.4 Å². The second-order valence-corrected chi connectivity index (χ2v) is 4.01. The summed E-state index contributed by atoms with van der Waals surface area (Å²) >= 11 is 6.02. The van der Waals surface area contributed by atoms with E-state index >= 15 is 0 Å². The van der Waals surface area contributed by atoms with E-state index in [0.29, 0.717) is 0 Å². The first-order chi connectivity index (χ1) is 6.31. The van der Waals surface area contributed by atoms with Crippen LogP contribution in [0.4, 0.5) is 5.69 Å². The number of fused-ring (bicyclic) bond motifs is 1. The van der Waals surface area contributed by atoms with Gasteiger partial charge in [0.1, 0.15) is 5.37 Å². The van der Waals surface area contributed by atoms with Crippen molar-refractivity contribution >= 4 is 35.2 Å². The minimum atomic E-state index is -0.0279. The van der Waals surface area contributed by atoms with E-state index in [0.717, 1.165) is 16.4 Å². The van der Waals surface area contributed by atoms with Gasteiger partial charge in [0.15, 0.2) is 5.17 Å². The third kappa shape index (κ3) is 1.69. The number of thiol groups is 1. The predicted octanol–water partition coefficient (Wildman–Crippen LogP) is 2.76. The molecule has 68 valence electrons. The molecule has 1 N–H and O–H groups in total. The van der Waals surface area contributed by atoms with Crippen molar-refractivity contribution in [3.63, 3.8) is 0 Å². The van der Waals surface area contributed by atoms with Crippen LogP contribution in [0, 0.1) is 0 Å². The molecule has 1 aromatic rings. The van der Waals surface area contributed by atoms with Crippen molar-refractivity contribution in [1.29, 1.82) is 0 Å². The number of hydrogen-bond acceptors (Lipinski definition) is 4. The molecule has 0 spiro atoms. The summed E-state index contributed by atoms with van der Waals surface area (Å²) in [5, 5.41) is 4.14. The molecule has 1 aliphatic rings. The fraction of sp³-hybridized carbons (Fsp3) is 0.222. The van der Waals surface area contributed by atoms with Crippen molar-refractivity contribution in [2.75, 3.05) is 11.6 Å². The molecule has 0 bridgehead atoms. The summed E-state index contributed by atoms with van der Waals surface area (Å²) in [6.45, 7) is 0. The Hall–Kier alpha value is -0.610. The molecule has 1 unspecified atom stereocenters. The first-order valence-corrected chi connectivity index (χ1v) is 5.71. The van der Waals surface area contributed by atoms with Gasteiger partial charge in [-0.1, -0.05) is 30.0 Å². The van der Waals surface area contributed by atoms with Crippen LogP contribution in [0.3, 0.4) is 0 Å². The number of aliphatic imine (C=N–C) groups is 1. The predicted molar refractivity (Wildman–Crippen MR) is 62.7 cm³/mol. The zero-order valence-electron chi connectivity index (χ0n) is 7.19. The summed E-state index contributed by atoms with van der Waals surface area (Å²) in [5.41, 5.74) is 2.26. The Morgan fingerprint density at radius 3 is 3.00 bits per heavy atom. The number of benzene rings is 1. The van der Waals surface area contributed by atoms with Gasteiger partial charge in [-0.15, -0.1) is 12.6 Å². The van der Waals surface area contributed by atoms with Crippen molar-refractivity contribution in [2.45, 2.75) is 5.37 Å². The highest BCUT2D eigenvalue weighted by Gasteiger charge is 2.16. The van der Waals surface area contributed by atoms with Crippen LogP contribution in [0.2, 0.25) is 0 Å². The maximum Gasteiger partial charge on any atom is 0.162 e. The molecule has 2 rings (SSSR count). The van der Waals surface area contributed by atoms with E-state index in [4.69, 9.17) is 0 Å². The van der Waals surface area contributed by atoms with Gasteiger partial charge in [-0.3, -0.25) is 0 Å². The van der Waals surface area contributed by atoms with Gasteiger partial charge in [0.2, 0.25) is 0 Å². The van der Waals surface area contributed by atoms with E-state index in [9.17, 15) is 0 Å². The highest BCUT2D eigenvalue weighted by molar-refractivity contribution is 8.13. The lowest BCUT2D eigenvalue weighted by molar-refractivity contribution is 1.03. The molecule has 1 heterocycles. The van der Waals surface area contributed by atoms with Gasteiger partial charge >= 0.3 is 0 Å². The van der Waals surface area contributed by atoms with Gasteiger partial charge in [0.25, 0.3) is 0 Å². The van der Waals surface area contributed by atoms with Crippen molar-refractivity contribution in [1.82, 2.24) is 0 Å². The van der Waals surface area contributed by atoms with E-state index in [1.54, 1.807) is 11.8 Å². The number of hydrogen-bond donors (Lipinski definition) is 2. The van der Waals surface area contributed by atoms with E-state index in [2.05, 4.69) is 22.9 Å².